The van der Waals surface area contributed by atoms with Crippen LogP contribution in [0.5, 0.6) is 0 Å². The van der Waals surface area contributed by atoms with Crippen LogP contribution in [0.1, 0.15) is 13.8 Å². The second-order valence-corrected chi connectivity index (χ2v) is 13.5. The Bertz CT molecular complexity index is 1160. The Kier molecular flexibility index (Phi) is 7.74. The summed E-state index contributed by atoms with van der Waals surface area (Å²) in [7, 11) is -2.87. The van der Waals surface area contributed by atoms with Crippen molar-refractivity contribution in [3.63, 3.8) is 0 Å². The molecule has 0 N–H and O–H groups in total. The molecule has 1 heterocycles. The van der Waals surface area contributed by atoms with Gasteiger partial charge in [-0.1, -0.05) is 121 Å². The van der Waals surface area contributed by atoms with Gasteiger partial charge in [-0.3, -0.25) is 9.59 Å². The number of rotatable bonds is 8. The van der Waals surface area contributed by atoms with Crippen LogP contribution in [0.15, 0.2) is 121 Å². The molecule has 0 radical (unpaired) electrons. The van der Waals surface area contributed by atoms with E-state index in [1.807, 2.05) is 121 Å². The number of carbonyl (C=O) groups excluding carboxylic acids is 2. The minimum Gasteiger partial charge on any atom is -0.336 e. The third-order valence-electron chi connectivity index (χ3n) is 6.08. The predicted octanol–water partition coefficient (Wildman–Crippen LogP) is 4.83. The van der Waals surface area contributed by atoms with Crippen molar-refractivity contribution in [3.8, 4) is 0 Å². The standard InChI is InChI=1S/C31H28O4P2/c1-31(2)34-27(29(32)36(23-15-7-3-8-16-23)24-17-9-4-10-18-24)28(35-31)30(33)37(25-19-11-5-12-20-25)26-21-13-6-14-22-26/h3-22,27-28H,1-2H3/t27-,28-/m0/s1. The summed E-state index contributed by atoms with van der Waals surface area (Å²) in [5.41, 5.74) is -0.236. The van der Waals surface area contributed by atoms with Crippen LogP contribution in [-0.4, -0.2) is 29.0 Å². The van der Waals surface area contributed by atoms with E-state index in [9.17, 15) is 9.59 Å². The van der Waals surface area contributed by atoms with Crippen LogP contribution in [0.4, 0.5) is 0 Å². The Labute approximate surface area is 220 Å². The Morgan fingerprint density at radius 1 is 0.514 bits per heavy atom. The highest BCUT2D eigenvalue weighted by Crippen LogP contribution is 2.46. The zero-order chi connectivity index (χ0) is 25.8. The predicted molar refractivity (Wildman–Crippen MR) is 152 cm³/mol. The molecule has 0 aromatic heterocycles. The zero-order valence-corrected chi connectivity index (χ0v) is 22.5. The summed E-state index contributed by atoms with van der Waals surface area (Å²) in [6, 6.07) is 39.0. The third-order valence-corrected chi connectivity index (χ3v) is 10.7. The first kappa shape index (κ1) is 25.6. The van der Waals surface area contributed by atoms with Gasteiger partial charge in [0.1, 0.15) is 0 Å². The van der Waals surface area contributed by atoms with Crippen molar-refractivity contribution in [2.45, 2.75) is 31.8 Å². The molecule has 1 aliphatic heterocycles. The van der Waals surface area contributed by atoms with Crippen molar-refractivity contribution in [1.29, 1.82) is 0 Å². The molecule has 1 aliphatic rings. The largest absolute Gasteiger partial charge is 0.336 e. The molecule has 5 rings (SSSR count). The summed E-state index contributed by atoms with van der Waals surface area (Å²) in [6.07, 6.45) is -2.02. The number of carbonyl (C=O) groups is 2. The first-order valence-corrected chi connectivity index (χ1v) is 14.9. The fourth-order valence-electron chi connectivity index (χ4n) is 4.49. The normalized spacial score (nSPS) is 18.7. The van der Waals surface area contributed by atoms with E-state index in [0.29, 0.717) is 0 Å². The van der Waals surface area contributed by atoms with Crippen molar-refractivity contribution >= 4 is 48.1 Å². The van der Waals surface area contributed by atoms with Crippen molar-refractivity contribution < 1.29 is 19.1 Å². The fraction of sp³-hybridized carbons (Fsp3) is 0.161. The van der Waals surface area contributed by atoms with Gasteiger partial charge in [-0.05, 0) is 35.1 Å². The lowest BCUT2D eigenvalue weighted by Crippen LogP contribution is -2.40. The quantitative estimate of drug-likeness (QED) is 0.309. The van der Waals surface area contributed by atoms with E-state index in [1.54, 1.807) is 13.8 Å². The summed E-state index contributed by atoms with van der Waals surface area (Å²) in [4.78, 5) is 28.6. The summed E-state index contributed by atoms with van der Waals surface area (Å²) >= 11 is 0. The highest BCUT2D eigenvalue weighted by atomic mass is 31.1. The first-order chi connectivity index (χ1) is 17.9. The van der Waals surface area contributed by atoms with Crippen molar-refractivity contribution in [3.05, 3.63) is 121 Å². The van der Waals surface area contributed by atoms with E-state index in [-0.39, 0.29) is 11.0 Å². The molecular weight excluding hydrogens is 498 g/mol. The maximum absolute atomic E-state index is 14.3. The second kappa shape index (κ2) is 11.2. The number of hydrogen-bond acceptors (Lipinski definition) is 4. The average molecular weight is 527 g/mol. The molecule has 0 amide bonds. The maximum Gasteiger partial charge on any atom is 0.195 e. The summed E-state index contributed by atoms with van der Waals surface area (Å²) < 4.78 is 12.4. The fourth-order valence-corrected chi connectivity index (χ4v) is 8.87. The molecule has 0 spiro atoms. The van der Waals surface area contributed by atoms with Crippen LogP contribution in [0.2, 0.25) is 0 Å². The van der Waals surface area contributed by atoms with E-state index in [1.165, 1.54) is 0 Å². The van der Waals surface area contributed by atoms with E-state index in [0.717, 1.165) is 21.2 Å². The number of benzene rings is 4. The van der Waals surface area contributed by atoms with Crippen LogP contribution >= 0.6 is 15.8 Å². The number of hydrogen-bond donors (Lipinski definition) is 0. The van der Waals surface area contributed by atoms with Gasteiger partial charge in [-0.15, -0.1) is 0 Å². The molecule has 37 heavy (non-hydrogen) atoms. The minimum absolute atomic E-state index is 0.118. The molecule has 1 fully saturated rings. The molecule has 6 heteroatoms. The molecule has 2 atom stereocenters. The monoisotopic (exact) mass is 526 g/mol. The molecular formula is C31H28O4P2. The lowest BCUT2D eigenvalue weighted by Gasteiger charge is -2.25. The Morgan fingerprint density at radius 2 is 0.757 bits per heavy atom. The van der Waals surface area contributed by atoms with Crippen LogP contribution in [0, 0.1) is 0 Å². The van der Waals surface area contributed by atoms with Gasteiger partial charge in [0.15, 0.2) is 29.0 Å². The molecule has 0 saturated carbocycles. The third kappa shape index (κ3) is 5.64. The zero-order valence-electron chi connectivity index (χ0n) is 20.7. The highest BCUT2D eigenvalue weighted by molar-refractivity contribution is 7.88. The van der Waals surface area contributed by atoms with Crippen LogP contribution < -0.4 is 21.2 Å². The van der Waals surface area contributed by atoms with Gasteiger partial charge in [-0.2, -0.15) is 0 Å². The van der Waals surface area contributed by atoms with E-state index >= 15 is 0 Å². The molecule has 186 valence electrons. The van der Waals surface area contributed by atoms with Crippen molar-refractivity contribution in [2.75, 3.05) is 0 Å². The van der Waals surface area contributed by atoms with Gasteiger partial charge in [0, 0.05) is 15.8 Å². The van der Waals surface area contributed by atoms with E-state index in [2.05, 4.69) is 0 Å². The Balaban J connectivity index is 1.56. The van der Waals surface area contributed by atoms with Crippen LogP contribution in [0.3, 0.4) is 0 Å². The maximum atomic E-state index is 14.3. The molecule has 4 aromatic rings. The van der Waals surface area contributed by atoms with E-state index in [4.69, 9.17) is 9.47 Å². The highest BCUT2D eigenvalue weighted by Gasteiger charge is 2.52. The van der Waals surface area contributed by atoms with Gasteiger partial charge in [-0.25, -0.2) is 0 Å². The molecule has 1 saturated heterocycles. The lowest BCUT2D eigenvalue weighted by atomic mass is 10.2. The first-order valence-electron chi connectivity index (χ1n) is 12.2. The second-order valence-electron chi connectivity index (χ2n) is 9.17. The smallest absolute Gasteiger partial charge is 0.195 e. The minimum atomic E-state index is -1.43. The SMILES string of the molecule is CC1(C)O[C@H](C(=O)P(c2ccccc2)c2ccccc2)[C@@H](C(=O)P(c2ccccc2)c2ccccc2)O1. The van der Waals surface area contributed by atoms with Crippen LogP contribution in [0.25, 0.3) is 0 Å². The van der Waals surface area contributed by atoms with Gasteiger partial charge < -0.3 is 9.47 Å². The van der Waals surface area contributed by atoms with Gasteiger partial charge in [0.2, 0.25) is 0 Å². The molecule has 0 bridgehead atoms. The van der Waals surface area contributed by atoms with Gasteiger partial charge in [0.05, 0.1) is 0 Å². The molecule has 4 aromatic carbocycles. The number of ether oxygens (including phenoxy) is 2. The Morgan fingerprint density at radius 3 is 1.00 bits per heavy atom. The molecule has 0 aliphatic carbocycles. The lowest BCUT2D eigenvalue weighted by molar-refractivity contribution is -0.154. The Hall–Kier alpha value is -3.00. The topological polar surface area (TPSA) is 52.6 Å². The molecule has 0 unspecified atom stereocenters. The summed E-state index contributed by atoms with van der Waals surface area (Å²) in [5.74, 6) is -1.07. The van der Waals surface area contributed by atoms with Crippen molar-refractivity contribution in [2.24, 2.45) is 0 Å². The summed E-state index contributed by atoms with van der Waals surface area (Å²) in [6.45, 7) is 3.53. The molecule has 4 nitrogen and oxygen atoms in total. The van der Waals surface area contributed by atoms with Gasteiger partial charge in [0.25, 0.3) is 0 Å². The van der Waals surface area contributed by atoms with Gasteiger partial charge >= 0.3 is 0 Å². The average Bonchev–Trinajstić information content (AvgIpc) is 3.27. The van der Waals surface area contributed by atoms with E-state index < -0.39 is 33.8 Å². The van der Waals surface area contributed by atoms with Crippen molar-refractivity contribution in [1.82, 2.24) is 0 Å². The summed E-state index contributed by atoms with van der Waals surface area (Å²) in [5, 5.41) is 3.67. The van der Waals surface area contributed by atoms with Crippen LogP contribution in [-0.2, 0) is 19.1 Å².